The summed E-state index contributed by atoms with van der Waals surface area (Å²) in [5.41, 5.74) is 2.73. The van der Waals surface area contributed by atoms with Gasteiger partial charge in [0, 0.05) is 38.4 Å². The standard InChI is InChI=1S/C18H22N2O2/c1-19(2)17-10-8-16(9-11-17)18(22)20(12-13-21)14-15-6-4-3-5-7-15/h3-11,21H,12-14H2,1-2H3. The van der Waals surface area contributed by atoms with E-state index < -0.39 is 0 Å². The van der Waals surface area contributed by atoms with Gasteiger partial charge >= 0.3 is 0 Å². The summed E-state index contributed by atoms with van der Waals surface area (Å²) in [4.78, 5) is 16.3. The topological polar surface area (TPSA) is 43.8 Å². The van der Waals surface area contributed by atoms with Crippen LogP contribution < -0.4 is 4.90 Å². The van der Waals surface area contributed by atoms with E-state index in [0.717, 1.165) is 11.3 Å². The zero-order valence-electron chi connectivity index (χ0n) is 13.1. The van der Waals surface area contributed by atoms with E-state index in [-0.39, 0.29) is 12.5 Å². The van der Waals surface area contributed by atoms with Crippen LogP contribution in [0.25, 0.3) is 0 Å². The van der Waals surface area contributed by atoms with E-state index in [2.05, 4.69) is 0 Å². The number of aliphatic hydroxyl groups excluding tert-OH is 1. The molecule has 0 fully saturated rings. The van der Waals surface area contributed by atoms with E-state index in [0.29, 0.717) is 18.7 Å². The zero-order chi connectivity index (χ0) is 15.9. The summed E-state index contributed by atoms with van der Waals surface area (Å²) >= 11 is 0. The number of carbonyl (C=O) groups is 1. The van der Waals surface area contributed by atoms with Gasteiger partial charge in [0.15, 0.2) is 0 Å². The predicted molar refractivity (Wildman–Crippen MR) is 89.0 cm³/mol. The lowest BCUT2D eigenvalue weighted by Crippen LogP contribution is -2.33. The third-order valence-corrected chi connectivity index (χ3v) is 3.50. The van der Waals surface area contributed by atoms with E-state index in [1.807, 2.05) is 73.6 Å². The molecule has 4 heteroatoms. The summed E-state index contributed by atoms with van der Waals surface area (Å²) in [5.74, 6) is -0.0665. The van der Waals surface area contributed by atoms with Crippen molar-refractivity contribution in [1.29, 1.82) is 0 Å². The smallest absolute Gasteiger partial charge is 0.254 e. The van der Waals surface area contributed by atoms with Crippen LogP contribution in [0.15, 0.2) is 54.6 Å². The number of hydrogen-bond donors (Lipinski definition) is 1. The normalized spacial score (nSPS) is 10.3. The van der Waals surface area contributed by atoms with Crippen molar-refractivity contribution in [3.05, 3.63) is 65.7 Å². The summed E-state index contributed by atoms with van der Waals surface area (Å²) in [6, 6.07) is 17.3. The van der Waals surface area contributed by atoms with Crippen molar-refractivity contribution in [1.82, 2.24) is 4.90 Å². The van der Waals surface area contributed by atoms with Crippen molar-refractivity contribution in [2.24, 2.45) is 0 Å². The number of amides is 1. The molecule has 116 valence electrons. The van der Waals surface area contributed by atoms with Gasteiger partial charge in [0.2, 0.25) is 0 Å². The quantitative estimate of drug-likeness (QED) is 0.890. The van der Waals surface area contributed by atoms with Gasteiger partial charge in [0.05, 0.1) is 6.61 Å². The second kappa shape index (κ2) is 7.61. The minimum atomic E-state index is -0.0665. The van der Waals surface area contributed by atoms with Crippen LogP contribution in [0.3, 0.4) is 0 Å². The number of nitrogens with zero attached hydrogens (tertiary/aromatic N) is 2. The molecule has 1 amide bonds. The largest absolute Gasteiger partial charge is 0.395 e. The molecular weight excluding hydrogens is 276 g/mol. The van der Waals surface area contributed by atoms with Crippen LogP contribution in [0.4, 0.5) is 5.69 Å². The maximum atomic E-state index is 12.6. The molecule has 2 aromatic carbocycles. The molecule has 2 rings (SSSR count). The molecule has 0 aliphatic heterocycles. The molecule has 0 atom stereocenters. The molecule has 0 aliphatic rings. The lowest BCUT2D eigenvalue weighted by atomic mass is 10.1. The Morgan fingerprint density at radius 1 is 1.00 bits per heavy atom. The molecule has 4 nitrogen and oxygen atoms in total. The first kappa shape index (κ1) is 16.0. The monoisotopic (exact) mass is 298 g/mol. The van der Waals surface area contributed by atoms with Crippen molar-refractivity contribution in [2.45, 2.75) is 6.54 Å². The van der Waals surface area contributed by atoms with Gasteiger partial charge in [-0.3, -0.25) is 4.79 Å². The highest BCUT2D eigenvalue weighted by molar-refractivity contribution is 5.94. The van der Waals surface area contributed by atoms with Crippen LogP contribution in [0.5, 0.6) is 0 Å². The van der Waals surface area contributed by atoms with Crippen molar-refractivity contribution in [2.75, 3.05) is 32.1 Å². The summed E-state index contributed by atoms with van der Waals surface area (Å²) in [6.07, 6.45) is 0. The highest BCUT2D eigenvalue weighted by atomic mass is 16.3. The predicted octanol–water partition coefficient (Wildman–Crippen LogP) is 2.39. The summed E-state index contributed by atoms with van der Waals surface area (Å²) in [7, 11) is 3.93. The minimum absolute atomic E-state index is 0.0473. The molecular formula is C18H22N2O2. The molecule has 2 aromatic rings. The van der Waals surface area contributed by atoms with Gasteiger partial charge in [-0.2, -0.15) is 0 Å². The Labute approximate surface area is 131 Å². The molecule has 0 radical (unpaired) electrons. The number of hydrogen-bond acceptors (Lipinski definition) is 3. The summed E-state index contributed by atoms with van der Waals surface area (Å²) in [6.45, 7) is 0.771. The first-order valence-electron chi connectivity index (χ1n) is 7.33. The van der Waals surface area contributed by atoms with Crippen molar-refractivity contribution < 1.29 is 9.90 Å². The Morgan fingerprint density at radius 3 is 2.18 bits per heavy atom. The van der Waals surface area contributed by atoms with E-state index in [9.17, 15) is 9.90 Å². The first-order chi connectivity index (χ1) is 10.6. The van der Waals surface area contributed by atoms with Gasteiger partial charge in [0.1, 0.15) is 0 Å². The molecule has 0 heterocycles. The highest BCUT2D eigenvalue weighted by Crippen LogP contribution is 2.15. The average Bonchev–Trinajstić information content (AvgIpc) is 2.55. The maximum absolute atomic E-state index is 12.6. The van der Waals surface area contributed by atoms with Crippen molar-refractivity contribution in [3.8, 4) is 0 Å². The molecule has 1 N–H and O–H groups in total. The number of anilines is 1. The molecule has 22 heavy (non-hydrogen) atoms. The maximum Gasteiger partial charge on any atom is 0.254 e. The van der Waals surface area contributed by atoms with Crippen LogP contribution in [-0.2, 0) is 6.54 Å². The highest BCUT2D eigenvalue weighted by Gasteiger charge is 2.15. The number of aliphatic hydroxyl groups is 1. The van der Waals surface area contributed by atoms with Gasteiger partial charge in [-0.1, -0.05) is 30.3 Å². The van der Waals surface area contributed by atoms with Crippen LogP contribution >= 0.6 is 0 Å². The van der Waals surface area contributed by atoms with Crippen LogP contribution in [0, 0.1) is 0 Å². The third kappa shape index (κ3) is 4.09. The minimum Gasteiger partial charge on any atom is -0.395 e. The Balaban J connectivity index is 2.15. The third-order valence-electron chi connectivity index (χ3n) is 3.50. The fourth-order valence-corrected chi connectivity index (χ4v) is 2.26. The fraction of sp³-hybridized carbons (Fsp3) is 0.278. The summed E-state index contributed by atoms with van der Waals surface area (Å²) < 4.78 is 0. The van der Waals surface area contributed by atoms with E-state index in [4.69, 9.17) is 0 Å². The van der Waals surface area contributed by atoms with Gasteiger partial charge in [-0.05, 0) is 29.8 Å². The lowest BCUT2D eigenvalue weighted by molar-refractivity contribution is 0.0708. The average molecular weight is 298 g/mol. The Kier molecular flexibility index (Phi) is 5.55. The van der Waals surface area contributed by atoms with Crippen LogP contribution in [0.1, 0.15) is 15.9 Å². The molecule has 0 unspecified atom stereocenters. The second-order valence-electron chi connectivity index (χ2n) is 5.38. The lowest BCUT2D eigenvalue weighted by Gasteiger charge is -2.22. The van der Waals surface area contributed by atoms with Crippen molar-refractivity contribution >= 4 is 11.6 Å². The zero-order valence-corrected chi connectivity index (χ0v) is 13.1. The molecule has 0 bridgehead atoms. The molecule has 0 spiro atoms. The fourth-order valence-electron chi connectivity index (χ4n) is 2.26. The van der Waals surface area contributed by atoms with Gasteiger partial charge in [-0.15, -0.1) is 0 Å². The molecule has 0 aromatic heterocycles. The first-order valence-corrected chi connectivity index (χ1v) is 7.33. The molecule has 0 aliphatic carbocycles. The van der Waals surface area contributed by atoms with Crippen LogP contribution in [0.2, 0.25) is 0 Å². The SMILES string of the molecule is CN(C)c1ccc(C(=O)N(CCO)Cc2ccccc2)cc1. The number of benzene rings is 2. The van der Waals surface area contributed by atoms with E-state index in [1.54, 1.807) is 4.90 Å². The Morgan fingerprint density at radius 2 is 1.64 bits per heavy atom. The summed E-state index contributed by atoms with van der Waals surface area (Å²) in [5, 5.41) is 9.23. The van der Waals surface area contributed by atoms with E-state index >= 15 is 0 Å². The number of carbonyl (C=O) groups excluding carboxylic acids is 1. The number of rotatable bonds is 6. The van der Waals surface area contributed by atoms with Gasteiger partial charge in [-0.25, -0.2) is 0 Å². The van der Waals surface area contributed by atoms with Gasteiger partial charge < -0.3 is 14.9 Å². The van der Waals surface area contributed by atoms with Crippen LogP contribution in [-0.4, -0.2) is 43.2 Å². The molecule has 0 saturated carbocycles. The molecule has 0 saturated heterocycles. The Hall–Kier alpha value is -2.33. The second-order valence-corrected chi connectivity index (χ2v) is 5.38. The van der Waals surface area contributed by atoms with E-state index in [1.165, 1.54) is 0 Å². The Bertz CT molecular complexity index is 594. The van der Waals surface area contributed by atoms with Gasteiger partial charge in [0.25, 0.3) is 5.91 Å². The van der Waals surface area contributed by atoms with Crippen molar-refractivity contribution in [3.63, 3.8) is 0 Å².